The summed E-state index contributed by atoms with van der Waals surface area (Å²) in [6, 6.07) is 16.9. The van der Waals surface area contributed by atoms with Crippen molar-refractivity contribution < 1.29 is 19.0 Å². The molecule has 0 spiro atoms. The summed E-state index contributed by atoms with van der Waals surface area (Å²) in [5.74, 6) is 1.43. The zero-order valence-electron chi connectivity index (χ0n) is 14.9. The fourth-order valence-corrected chi connectivity index (χ4v) is 2.77. The summed E-state index contributed by atoms with van der Waals surface area (Å²) in [4.78, 5) is 12.3. The molecule has 5 nitrogen and oxygen atoms in total. The van der Waals surface area contributed by atoms with Gasteiger partial charge in [-0.1, -0.05) is 24.3 Å². The quantitative estimate of drug-likeness (QED) is 0.700. The maximum atomic E-state index is 12.3. The van der Waals surface area contributed by atoms with E-state index in [1.165, 1.54) is 0 Å². The van der Waals surface area contributed by atoms with Crippen LogP contribution in [0, 0.1) is 0 Å². The lowest BCUT2D eigenvalue weighted by atomic mass is 10.2. The van der Waals surface area contributed by atoms with Crippen LogP contribution in [0.25, 0.3) is 0 Å². The molecule has 26 heavy (non-hydrogen) atoms. The Labute approximate surface area is 154 Å². The van der Waals surface area contributed by atoms with Crippen LogP contribution in [0.2, 0.25) is 0 Å². The number of benzene rings is 2. The monoisotopic (exact) mass is 355 g/mol. The molecule has 1 aliphatic heterocycles. The molecular formula is C21H25NO4. The van der Waals surface area contributed by atoms with Gasteiger partial charge in [0.05, 0.1) is 12.7 Å². The van der Waals surface area contributed by atoms with Crippen LogP contribution >= 0.6 is 0 Å². The van der Waals surface area contributed by atoms with Crippen molar-refractivity contribution in [3.63, 3.8) is 0 Å². The molecule has 2 aromatic carbocycles. The molecule has 0 saturated carbocycles. The highest BCUT2D eigenvalue weighted by molar-refractivity contribution is 5.94. The second-order valence-corrected chi connectivity index (χ2v) is 6.24. The van der Waals surface area contributed by atoms with E-state index < -0.39 is 0 Å². The molecule has 1 aliphatic rings. The molecule has 1 N–H and O–H groups in total. The predicted molar refractivity (Wildman–Crippen MR) is 99.8 cm³/mol. The van der Waals surface area contributed by atoms with Crippen LogP contribution < -0.4 is 14.8 Å². The van der Waals surface area contributed by atoms with Crippen molar-refractivity contribution in [2.24, 2.45) is 0 Å². The summed E-state index contributed by atoms with van der Waals surface area (Å²) in [7, 11) is 0. The summed E-state index contributed by atoms with van der Waals surface area (Å²) in [5, 5.41) is 2.91. The van der Waals surface area contributed by atoms with Gasteiger partial charge >= 0.3 is 0 Å². The maximum absolute atomic E-state index is 12.3. The zero-order valence-corrected chi connectivity index (χ0v) is 14.9. The van der Waals surface area contributed by atoms with Gasteiger partial charge < -0.3 is 19.5 Å². The first-order valence-corrected chi connectivity index (χ1v) is 9.12. The van der Waals surface area contributed by atoms with Crippen molar-refractivity contribution in [1.82, 2.24) is 5.32 Å². The lowest BCUT2D eigenvalue weighted by Gasteiger charge is -2.12. The number of ether oxygens (including phenoxy) is 3. The smallest absolute Gasteiger partial charge is 0.251 e. The lowest BCUT2D eigenvalue weighted by Crippen LogP contribution is -2.25. The van der Waals surface area contributed by atoms with Crippen LogP contribution in [0.5, 0.6) is 11.5 Å². The summed E-state index contributed by atoms with van der Waals surface area (Å²) in [5.41, 5.74) is 0.596. The van der Waals surface area contributed by atoms with Crippen molar-refractivity contribution >= 4 is 5.91 Å². The van der Waals surface area contributed by atoms with Crippen molar-refractivity contribution in [2.75, 3.05) is 26.4 Å². The van der Waals surface area contributed by atoms with Crippen LogP contribution in [0.15, 0.2) is 54.6 Å². The van der Waals surface area contributed by atoms with E-state index in [9.17, 15) is 4.79 Å². The summed E-state index contributed by atoms with van der Waals surface area (Å²) in [6.07, 6.45) is 3.03. The van der Waals surface area contributed by atoms with Gasteiger partial charge in [0.25, 0.3) is 5.91 Å². The van der Waals surface area contributed by atoms with Crippen molar-refractivity contribution in [3.05, 3.63) is 60.2 Å². The molecule has 1 saturated heterocycles. The number of hydrogen-bond acceptors (Lipinski definition) is 4. The Balaban J connectivity index is 1.37. The Kier molecular flexibility index (Phi) is 6.90. The minimum absolute atomic E-state index is 0.104. The Bertz CT molecular complexity index is 683. The lowest BCUT2D eigenvalue weighted by molar-refractivity contribution is 0.0679. The minimum Gasteiger partial charge on any atom is -0.494 e. The van der Waals surface area contributed by atoms with E-state index in [1.807, 2.05) is 42.5 Å². The van der Waals surface area contributed by atoms with E-state index in [-0.39, 0.29) is 12.0 Å². The van der Waals surface area contributed by atoms with E-state index in [2.05, 4.69) is 5.32 Å². The maximum Gasteiger partial charge on any atom is 0.251 e. The standard InChI is InChI=1S/C21H25NO4/c23-21(22-12-6-14-24-18-8-2-1-3-9-18)17-7-4-10-19(15-17)26-16-20-11-5-13-25-20/h1-4,7-10,15,20H,5-6,11-14,16H2,(H,22,23). The SMILES string of the molecule is O=C(NCCCOc1ccccc1)c1cccc(OCC2CCCO2)c1. The fraction of sp³-hybridized carbons (Fsp3) is 0.381. The predicted octanol–water partition coefficient (Wildman–Crippen LogP) is 3.44. The molecule has 3 rings (SSSR count). The number of rotatable bonds is 9. The number of nitrogens with one attached hydrogen (secondary N) is 1. The first-order chi connectivity index (χ1) is 12.8. The average molecular weight is 355 g/mol. The number of para-hydroxylation sites is 1. The second-order valence-electron chi connectivity index (χ2n) is 6.24. The Morgan fingerprint density at radius 3 is 2.73 bits per heavy atom. The molecular weight excluding hydrogens is 330 g/mol. The molecule has 1 heterocycles. The molecule has 0 radical (unpaired) electrons. The number of amides is 1. The average Bonchev–Trinajstić information content (AvgIpc) is 3.21. The van der Waals surface area contributed by atoms with E-state index in [0.29, 0.717) is 31.1 Å². The third-order valence-electron chi connectivity index (χ3n) is 4.17. The number of hydrogen-bond donors (Lipinski definition) is 1. The third-order valence-corrected chi connectivity index (χ3v) is 4.17. The highest BCUT2D eigenvalue weighted by Crippen LogP contribution is 2.17. The topological polar surface area (TPSA) is 56.8 Å². The second kappa shape index (κ2) is 9.82. The molecule has 0 aromatic heterocycles. The molecule has 0 aliphatic carbocycles. The van der Waals surface area contributed by atoms with Gasteiger partial charge in [0.15, 0.2) is 0 Å². The number of carbonyl (C=O) groups is 1. The van der Waals surface area contributed by atoms with Gasteiger partial charge in [-0.15, -0.1) is 0 Å². The Morgan fingerprint density at radius 2 is 1.92 bits per heavy atom. The first kappa shape index (κ1) is 18.3. The van der Waals surface area contributed by atoms with Gasteiger partial charge in [0, 0.05) is 18.7 Å². The molecule has 1 atom stereocenters. The van der Waals surface area contributed by atoms with Crippen molar-refractivity contribution in [1.29, 1.82) is 0 Å². The molecule has 5 heteroatoms. The van der Waals surface area contributed by atoms with Crippen molar-refractivity contribution in [3.8, 4) is 11.5 Å². The Morgan fingerprint density at radius 1 is 1.08 bits per heavy atom. The van der Waals surface area contributed by atoms with Gasteiger partial charge in [0.1, 0.15) is 18.1 Å². The normalized spacial score (nSPS) is 16.2. The molecule has 1 unspecified atom stereocenters. The highest BCUT2D eigenvalue weighted by Gasteiger charge is 2.16. The summed E-state index contributed by atoms with van der Waals surface area (Å²) in [6.45, 7) is 2.47. The van der Waals surface area contributed by atoms with Gasteiger partial charge in [-0.05, 0) is 49.6 Å². The summed E-state index contributed by atoms with van der Waals surface area (Å²) >= 11 is 0. The van der Waals surface area contributed by atoms with Crippen LogP contribution in [0.1, 0.15) is 29.6 Å². The molecule has 1 amide bonds. The highest BCUT2D eigenvalue weighted by atomic mass is 16.5. The van der Waals surface area contributed by atoms with E-state index in [0.717, 1.165) is 31.6 Å². The molecule has 2 aromatic rings. The van der Waals surface area contributed by atoms with E-state index >= 15 is 0 Å². The zero-order chi connectivity index (χ0) is 18.0. The van der Waals surface area contributed by atoms with Gasteiger partial charge in [-0.25, -0.2) is 0 Å². The van der Waals surface area contributed by atoms with E-state index in [4.69, 9.17) is 14.2 Å². The van der Waals surface area contributed by atoms with Crippen LogP contribution in [0.3, 0.4) is 0 Å². The van der Waals surface area contributed by atoms with Gasteiger partial charge in [0.2, 0.25) is 0 Å². The third kappa shape index (κ3) is 5.77. The number of carbonyl (C=O) groups excluding carboxylic acids is 1. The van der Waals surface area contributed by atoms with Crippen LogP contribution in [0.4, 0.5) is 0 Å². The molecule has 1 fully saturated rings. The first-order valence-electron chi connectivity index (χ1n) is 9.12. The van der Waals surface area contributed by atoms with Crippen LogP contribution in [-0.4, -0.2) is 38.4 Å². The molecule has 0 bridgehead atoms. The van der Waals surface area contributed by atoms with Gasteiger partial charge in [-0.2, -0.15) is 0 Å². The van der Waals surface area contributed by atoms with E-state index in [1.54, 1.807) is 12.1 Å². The van der Waals surface area contributed by atoms with Gasteiger partial charge in [-0.3, -0.25) is 4.79 Å². The largest absolute Gasteiger partial charge is 0.494 e. The minimum atomic E-state index is -0.104. The summed E-state index contributed by atoms with van der Waals surface area (Å²) < 4.78 is 16.9. The van der Waals surface area contributed by atoms with Crippen LogP contribution in [-0.2, 0) is 4.74 Å². The molecule has 138 valence electrons. The van der Waals surface area contributed by atoms with Crippen molar-refractivity contribution in [2.45, 2.75) is 25.4 Å². The fourth-order valence-electron chi connectivity index (χ4n) is 2.77. The Hall–Kier alpha value is -2.53.